The molecule has 2 aliphatic carbocycles. The SMILES string of the molecule is C1=CCC=CC(P(c2ccccc2)C2CCCCCCC2P(c2ccccc2)c2ccccc2)=C1. The van der Waals surface area contributed by atoms with Gasteiger partial charge in [-0.2, -0.15) is 0 Å². The summed E-state index contributed by atoms with van der Waals surface area (Å²) in [6.45, 7) is 0. The van der Waals surface area contributed by atoms with Gasteiger partial charge in [0, 0.05) is 0 Å². The van der Waals surface area contributed by atoms with Crippen LogP contribution in [0.4, 0.5) is 0 Å². The maximum atomic E-state index is 2.45. The minimum absolute atomic E-state index is 0.441. The Labute approximate surface area is 214 Å². The smallest absolute Gasteiger partial charge is 0.00551 e. The van der Waals surface area contributed by atoms with E-state index in [4.69, 9.17) is 0 Å². The standard InChI is InChI=1S/C33H36P2/c1-2-9-19-28(18-8-1)34(29-20-10-5-11-21-29)32-26-16-3-4-17-27-33(32)35(30-22-12-6-13-23-30)31-24-14-7-15-25-31/h1,5-15,18-25,32-33H,2-4,16-17,26-27H2. The predicted molar refractivity (Wildman–Crippen MR) is 158 cm³/mol. The summed E-state index contributed by atoms with van der Waals surface area (Å²) in [5.74, 6) is 0. The van der Waals surface area contributed by atoms with Gasteiger partial charge in [-0.1, -0.05) is 147 Å². The van der Waals surface area contributed by atoms with Crippen LogP contribution in [-0.4, -0.2) is 11.3 Å². The van der Waals surface area contributed by atoms with E-state index < -0.39 is 15.8 Å². The second kappa shape index (κ2) is 12.6. The topological polar surface area (TPSA) is 0 Å². The molecule has 2 heteroatoms. The lowest BCUT2D eigenvalue weighted by Gasteiger charge is -2.41. The van der Waals surface area contributed by atoms with Crippen molar-refractivity contribution in [2.24, 2.45) is 0 Å². The van der Waals surface area contributed by atoms with E-state index in [0.717, 1.165) is 6.42 Å². The van der Waals surface area contributed by atoms with Gasteiger partial charge in [0.25, 0.3) is 0 Å². The van der Waals surface area contributed by atoms with Gasteiger partial charge < -0.3 is 0 Å². The molecule has 0 aromatic heterocycles. The Morgan fingerprint density at radius 2 is 1.00 bits per heavy atom. The second-order valence-corrected chi connectivity index (χ2v) is 14.4. The van der Waals surface area contributed by atoms with Crippen LogP contribution in [0.3, 0.4) is 0 Å². The summed E-state index contributed by atoms with van der Waals surface area (Å²) in [6.07, 6.45) is 21.0. The van der Waals surface area contributed by atoms with E-state index in [1.54, 1.807) is 10.6 Å². The fourth-order valence-corrected chi connectivity index (χ4v) is 12.4. The lowest BCUT2D eigenvalue weighted by Crippen LogP contribution is -2.34. The van der Waals surface area contributed by atoms with Crippen molar-refractivity contribution in [3.8, 4) is 0 Å². The van der Waals surface area contributed by atoms with E-state index in [-0.39, 0.29) is 0 Å². The molecule has 0 N–H and O–H groups in total. The number of rotatable bonds is 6. The van der Waals surface area contributed by atoms with E-state index >= 15 is 0 Å². The first-order chi connectivity index (χ1) is 17.4. The molecule has 1 saturated carbocycles. The van der Waals surface area contributed by atoms with Crippen molar-refractivity contribution in [3.63, 3.8) is 0 Å². The summed E-state index contributed by atoms with van der Waals surface area (Å²) in [5.41, 5.74) is 1.37. The fourth-order valence-electron chi connectivity index (χ4n) is 5.61. The van der Waals surface area contributed by atoms with Gasteiger partial charge in [-0.3, -0.25) is 0 Å². The molecular formula is C33H36P2. The summed E-state index contributed by atoms with van der Waals surface area (Å²) in [6, 6.07) is 34.4. The summed E-state index contributed by atoms with van der Waals surface area (Å²) in [7, 11) is -0.892. The van der Waals surface area contributed by atoms with Crippen LogP contribution in [0.5, 0.6) is 0 Å². The van der Waals surface area contributed by atoms with Gasteiger partial charge in [0.05, 0.1) is 0 Å². The number of benzene rings is 3. The molecule has 178 valence electrons. The molecule has 35 heavy (non-hydrogen) atoms. The van der Waals surface area contributed by atoms with Gasteiger partial charge in [0.2, 0.25) is 0 Å². The van der Waals surface area contributed by atoms with Crippen molar-refractivity contribution in [1.82, 2.24) is 0 Å². The lowest BCUT2D eigenvalue weighted by atomic mass is 10.00. The Kier molecular flexibility index (Phi) is 8.81. The zero-order chi connectivity index (χ0) is 23.7. The average molecular weight is 495 g/mol. The molecule has 0 heterocycles. The molecular weight excluding hydrogens is 458 g/mol. The zero-order valence-corrected chi connectivity index (χ0v) is 22.3. The highest BCUT2D eigenvalue weighted by molar-refractivity contribution is 7.76. The first-order valence-electron chi connectivity index (χ1n) is 13.2. The molecule has 1 fully saturated rings. The van der Waals surface area contributed by atoms with Crippen LogP contribution in [0.2, 0.25) is 0 Å². The summed E-state index contributed by atoms with van der Waals surface area (Å²) in [5, 5.41) is 6.17. The van der Waals surface area contributed by atoms with Gasteiger partial charge in [-0.05, 0) is 67.7 Å². The molecule has 2 aliphatic rings. The van der Waals surface area contributed by atoms with Crippen molar-refractivity contribution in [3.05, 3.63) is 127 Å². The Morgan fingerprint density at radius 1 is 0.514 bits per heavy atom. The maximum absolute atomic E-state index is 2.45. The van der Waals surface area contributed by atoms with Crippen molar-refractivity contribution < 1.29 is 0 Å². The van der Waals surface area contributed by atoms with Gasteiger partial charge in [0.1, 0.15) is 0 Å². The van der Waals surface area contributed by atoms with E-state index in [1.807, 2.05) is 0 Å². The highest BCUT2D eigenvalue weighted by Gasteiger charge is 2.37. The third kappa shape index (κ3) is 6.12. The number of hydrogen-bond acceptors (Lipinski definition) is 0. The molecule has 3 aromatic carbocycles. The normalized spacial score (nSPS) is 21.6. The molecule has 0 nitrogen and oxygen atoms in total. The molecule has 0 amide bonds. The van der Waals surface area contributed by atoms with E-state index in [0.29, 0.717) is 11.3 Å². The van der Waals surface area contributed by atoms with Crippen LogP contribution in [0.25, 0.3) is 0 Å². The molecule has 5 rings (SSSR count). The minimum Gasteiger partial charge on any atom is -0.0807 e. The number of hydrogen-bond donors (Lipinski definition) is 0. The van der Waals surface area contributed by atoms with Gasteiger partial charge in [0.15, 0.2) is 0 Å². The highest BCUT2D eigenvalue weighted by atomic mass is 31.1. The molecule has 0 bridgehead atoms. The van der Waals surface area contributed by atoms with Crippen molar-refractivity contribution in [1.29, 1.82) is 0 Å². The van der Waals surface area contributed by atoms with Crippen molar-refractivity contribution >= 4 is 31.8 Å². The van der Waals surface area contributed by atoms with Gasteiger partial charge in [-0.15, -0.1) is 0 Å². The molecule has 3 unspecified atom stereocenters. The first kappa shape index (κ1) is 24.4. The number of allylic oxidation sites excluding steroid dienone is 6. The van der Waals surface area contributed by atoms with Crippen molar-refractivity contribution in [2.75, 3.05) is 0 Å². The molecule has 0 spiro atoms. The fraction of sp³-hybridized carbons (Fsp3) is 0.273. The van der Waals surface area contributed by atoms with E-state index in [9.17, 15) is 0 Å². The molecule has 3 aromatic rings. The van der Waals surface area contributed by atoms with Crippen LogP contribution < -0.4 is 15.9 Å². The van der Waals surface area contributed by atoms with Gasteiger partial charge in [-0.25, -0.2) is 0 Å². The summed E-state index contributed by atoms with van der Waals surface area (Å²) < 4.78 is 0. The Balaban J connectivity index is 1.65. The second-order valence-electron chi connectivity index (χ2n) is 9.53. The minimum atomic E-state index is -0.451. The van der Waals surface area contributed by atoms with Crippen LogP contribution in [-0.2, 0) is 0 Å². The Morgan fingerprint density at radius 3 is 1.54 bits per heavy atom. The molecule has 0 aliphatic heterocycles. The lowest BCUT2D eigenvalue weighted by molar-refractivity contribution is 0.517. The Hall–Kier alpha value is -2.26. The maximum Gasteiger partial charge on any atom is -0.00551 e. The zero-order valence-electron chi connectivity index (χ0n) is 20.5. The van der Waals surface area contributed by atoms with Crippen molar-refractivity contribution in [2.45, 2.75) is 56.3 Å². The quantitative estimate of drug-likeness (QED) is 0.302. The monoisotopic (exact) mass is 494 g/mol. The molecule has 0 saturated heterocycles. The highest BCUT2D eigenvalue weighted by Crippen LogP contribution is 2.59. The largest absolute Gasteiger partial charge is 0.0807 e. The van der Waals surface area contributed by atoms with Gasteiger partial charge >= 0.3 is 0 Å². The predicted octanol–water partition coefficient (Wildman–Crippen LogP) is 8.42. The molecule has 0 radical (unpaired) electrons. The third-order valence-electron chi connectivity index (χ3n) is 7.20. The third-order valence-corrected chi connectivity index (χ3v) is 13.4. The van der Waals surface area contributed by atoms with Crippen LogP contribution in [0.1, 0.15) is 44.9 Å². The van der Waals surface area contributed by atoms with Crippen LogP contribution in [0, 0.1) is 0 Å². The summed E-state index contributed by atoms with van der Waals surface area (Å²) in [4.78, 5) is 0. The van der Waals surface area contributed by atoms with Crippen LogP contribution in [0.15, 0.2) is 127 Å². The van der Waals surface area contributed by atoms with Crippen LogP contribution >= 0.6 is 15.8 Å². The van der Waals surface area contributed by atoms with E-state index in [1.165, 1.54) is 49.1 Å². The van der Waals surface area contributed by atoms with E-state index in [2.05, 4.69) is 121 Å². The Bertz CT molecular complexity index is 1090. The summed E-state index contributed by atoms with van der Waals surface area (Å²) >= 11 is 0. The average Bonchev–Trinajstić information content (AvgIpc) is 3.19. The molecule has 3 atom stereocenters. The first-order valence-corrected chi connectivity index (χ1v) is 16.0.